The minimum absolute atomic E-state index is 0.0741. The van der Waals surface area contributed by atoms with Crippen molar-refractivity contribution >= 4 is 55.7 Å². The molecule has 0 aliphatic carbocycles. The molecule has 182 valence electrons. The van der Waals surface area contributed by atoms with Crippen LogP contribution >= 0.6 is 22.9 Å². The number of aliphatic hydroxyl groups excluding tert-OH is 1. The van der Waals surface area contributed by atoms with Crippen LogP contribution in [0.25, 0.3) is 16.0 Å². The van der Waals surface area contributed by atoms with E-state index in [-0.39, 0.29) is 16.5 Å². The molecule has 1 aliphatic rings. The molecule has 36 heavy (non-hydrogen) atoms. The predicted molar refractivity (Wildman–Crippen MR) is 138 cm³/mol. The monoisotopic (exact) mass is 522 g/mol. The molecule has 5 rings (SSSR count). The summed E-state index contributed by atoms with van der Waals surface area (Å²) in [5.74, 6) is -1.79. The summed E-state index contributed by atoms with van der Waals surface area (Å²) in [4.78, 5) is 32.3. The number of ketones is 1. The van der Waals surface area contributed by atoms with Crippen molar-refractivity contribution in [3.8, 4) is 5.75 Å². The molecule has 0 radical (unpaired) electrons. The number of aromatic nitrogens is 1. The normalized spacial score (nSPS) is 17.2. The number of fused-ring (bicyclic) bond motifs is 1. The van der Waals surface area contributed by atoms with Crippen LogP contribution in [0.1, 0.15) is 30.5 Å². The number of halogens is 2. The van der Waals surface area contributed by atoms with Crippen molar-refractivity contribution in [1.29, 1.82) is 0 Å². The fourth-order valence-corrected chi connectivity index (χ4v) is 5.21. The smallest absolute Gasteiger partial charge is 0.301 e. The molecule has 0 bridgehead atoms. The van der Waals surface area contributed by atoms with Crippen molar-refractivity contribution in [2.75, 3.05) is 11.5 Å². The number of benzene rings is 3. The number of amides is 1. The lowest BCUT2D eigenvalue weighted by molar-refractivity contribution is -0.132. The summed E-state index contributed by atoms with van der Waals surface area (Å²) in [7, 11) is 0. The van der Waals surface area contributed by atoms with E-state index in [2.05, 4.69) is 4.98 Å². The third-order valence-corrected chi connectivity index (χ3v) is 7.05. The Morgan fingerprint density at radius 3 is 2.53 bits per heavy atom. The van der Waals surface area contributed by atoms with E-state index in [9.17, 15) is 19.1 Å². The second-order valence-electron chi connectivity index (χ2n) is 8.20. The van der Waals surface area contributed by atoms with Gasteiger partial charge in [0.25, 0.3) is 5.78 Å². The molecular formula is C27H20ClFN2O4S. The van der Waals surface area contributed by atoms with E-state index in [0.29, 0.717) is 38.7 Å². The highest BCUT2D eigenvalue weighted by Crippen LogP contribution is 2.44. The van der Waals surface area contributed by atoms with Crippen molar-refractivity contribution in [2.24, 2.45) is 0 Å². The maximum Gasteiger partial charge on any atom is 0.301 e. The molecule has 1 fully saturated rings. The Kier molecular flexibility index (Phi) is 6.47. The highest BCUT2D eigenvalue weighted by Gasteiger charge is 2.48. The van der Waals surface area contributed by atoms with Gasteiger partial charge in [0.15, 0.2) is 5.13 Å². The number of anilines is 1. The maximum absolute atomic E-state index is 13.8. The van der Waals surface area contributed by atoms with Gasteiger partial charge >= 0.3 is 5.91 Å². The zero-order valence-corrected chi connectivity index (χ0v) is 20.6. The third-order valence-electron chi connectivity index (χ3n) is 5.78. The largest absolute Gasteiger partial charge is 0.507 e. The quantitative estimate of drug-likeness (QED) is 0.177. The third kappa shape index (κ3) is 4.34. The summed E-state index contributed by atoms with van der Waals surface area (Å²) < 4.78 is 19.9. The van der Waals surface area contributed by atoms with E-state index in [1.165, 1.54) is 23.1 Å². The molecule has 0 spiro atoms. The van der Waals surface area contributed by atoms with Crippen LogP contribution in [0.2, 0.25) is 5.02 Å². The van der Waals surface area contributed by atoms with Gasteiger partial charge < -0.3 is 9.84 Å². The Morgan fingerprint density at radius 1 is 1.11 bits per heavy atom. The van der Waals surface area contributed by atoms with Gasteiger partial charge in [-0.3, -0.25) is 14.5 Å². The van der Waals surface area contributed by atoms with Crippen LogP contribution in [0, 0.1) is 5.82 Å². The van der Waals surface area contributed by atoms with Crippen molar-refractivity contribution < 1.29 is 23.8 Å². The number of ether oxygens (including phenoxy) is 1. The fraction of sp³-hybridized carbons (Fsp3) is 0.148. The zero-order chi connectivity index (χ0) is 25.4. The molecular weight excluding hydrogens is 503 g/mol. The van der Waals surface area contributed by atoms with E-state index < -0.39 is 23.5 Å². The maximum atomic E-state index is 13.8. The molecule has 1 aromatic heterocycles. The van der Waals surface area contributed by atoms with Gasteiger partial charge in [-0.15, -0.1) is 0 Å². The van der Waals surface area contributed by atoms with Crippen molar-refractivity contribution in [2.45, 2.75) is 19.4 Å². The molecule has 1 unspecified atom stereocenters. The van der Waals surface area contributed by atoms with Crippen molar-refractivity contribution in [1.82, 2.24) is 4.98 Å². The van der Waals surface area contributed by atoms with Gasteiger partial charge in [0, 0.05) is 10.6 Å². The Morgan fingerprint density at radius 2 is 1.83 bits per heavy atom. The first kappa shape index (κ1) is 24.0. The van der Waals surface area contributed by atoms with E-state index in [4.69, 9.17) is 16.3 Å². The van der Waals surface area contributed by atoms with E-state index in [1.807, 2.05) is 6.92 Å². The first-order valence-electron chi connectivity index (χ1n) is 11.2. The average molecular weight is 523 g/mol. The molecule has 1 atom stereocenters. The topological polar surface area (TPSA) is 79.7 Å². The summed E-state index contributed by atoms with van der Waals surface area (Å²) in [6.45, 7) is 2.55. The number of hydrogen-bond acceptors (Lipinski definition) is 6. The summed E-state index contributed by atoms with van der Waals surface area (Å²) in [5.41, 5.74) is 1.35. The zero-order valence-electron chi connectivity index (χ0n) is 19.1. The first-order valence-corrected chi connectivity index (χ1v) is 12.4. The Hall–Kier alpha value is -3.75. The number of carbonyl (C=O) groups is 2. The second kappa shape index (κ2) is 9.72. The molecule has 1 amide bonds. The van der Waals surface area contributed by atoms with Crippen molar-refractivity contribution in [3.05, 3.63) is 94.3 Å². The van der Waals surface area contributed by atoms with Crippen LogP contribution in [0.3, 0.4) is 0 Å². The van der Waals surface area contributed by atoms with Gasteiger partial charge in [0.2, 0.25) is 0 Å². The van der Waals surface area contributed by atoms with Gasteiger partial charge in [-0.05, 0) is 66.6 Å². The lowest BCUT2D eigenvalue weighted by Crippen LogP contribution is -2.29. The molecule has 1 saturated heterocycles. The molecule has 2 heterocycles. The highest BCUT2D eigenvalue weighted by molar-refractivity contribution is 7.22. The van der Waals surface area contributed by atoms with Crippen LogP contribution in [0.4, 0.5) is 9.52 Å². The van der Waals surface area contributed by atoms with Gasteiger partial charge in [0.1, 0.15) is 17.3 Å². The van der Waals surface area contributed by atoms with Gasteiger partial charge in [-0.25, -0.2) is 9.37 Å². The predicted octanol–water partition coefficient (Wildman–Crippen LogP) is 6.50. The molecule has 9 heteroatoms. The van der Waals surface area contributed by atoms with Crippen LogP contribution in [-0.2, 0) is 9.59 Å². The number of nitrogens with zero attached hydrogens (tertiary/aromatic N) is 2. The minimum atomic E-state index is -0.955. The van der Waals surface area contributed by atoms with Gasteiger partial charge in [0.05, 0.1) is 28.4 Å². The Bertz CT molecular complexity index is 1500. The minimum Gasteiger partial charge on any atom is -0.507 e. The number of carbonyl (C=O) groups excluding carboxylic acids is 2. The summed E-state index contributed by atoms with van der Waals surface area (Å²) in [6, 6.07) is 16.5. The molecule has 3 aromatic carbocycles. The first-order chi connectivity index (χ1) is 17.4. The van der Waals surface area contributed by atoms with Crippen LogP contribution < -0.4 is 9.64 Å². The molecule has 1 aliphatic heterocycles. The number of hydrogen-bond donors (Lipinski definition) is 1. The number of thiazole rings is 1. The molecule has 1 N–H and O–H groups in total. The molecule has 0 saturated carbocycles. The van der Waals surface area contributed by atoms with Gasteiger partial charge in [-0.1, -0.05) is 42.0 Å². The number of rotatable bonds is 6. The average Bonchev–Trinajstić information content (AvgIpc) is 3.40. The SMILES string of the molecule is CCCOc1ccc(C(O)=C2C(=O)C(=O)N(c3nc4ccc(F)cc4s3)C2c2ccc(Cl)cc2)cc1. The summed E-state index contributed by atoms with van der Waals surface area (Å²) in [6.07, 6.45) is 0.852. The highest BCUT2D eigenvalue weighted by atomic mass is 35.5. The standard InChI is InChI=1S/C27H20ClFN2O4S/c1-2-13-35-19-10-5-16(6-11-19)24(32)22-23(15-3-7-17(28)8-4-15)31(26(34)25(22)33)27-30-20-12-9-18(29)14-21(20)36-27/h3-12,14,23,32H,2,13H2,1H3. The van der Waals surface area contributed by atoms with Crippen LogP contribution in [0.15, 0.2) is 72.3 Å². The lowest BCUT2D eigenvalue weighted by Gasteiger charge is -2.23. The number of aliphatic hydroxyl groups is 1. The van der Waals surface area contributed by atoms with E-state index in [0.717, 1.165) is 17.8 Å². The second-order valence-corrected chi connectivity index (χ2v) is 9.65. The fourth-order valence-electron chi connectivity index (χ4n) is 4.06. The van der Waals surface area contributed by atoms with Crippen LogP contribution in [-0.4, -0.2) is 28.4 Å². The molecule has 6 nitrogen and oxygen atoms in total. The Balaban J connectivity index is 1.65. The van der Waals surface area contributed by atoms with Gasteiger partial charge in [-0.2, -0.15) is 0 Å². The van der Waals surface area contributed by atoms with Crippen molar-refractivity contribution in [3.63, 3.8) is 0 Å². The number of Topliss-reactive ketones (excluding diaryl/α,β-unsaturated/α-hetero) is 1. The summed E-state index contributed by atoms with van der Waals surface area (Å²) >= 11 is 7.17. The molecule has 4 aromatic rings. The lowest BCUT2D eigenvalue weighted by atomic mass is 9.95. The summed E-state index contributed by atoms with van der Waals surface area (Å²) in [5, 5.41) is 12.0. The Labute approximate surface area is 215 Å². The van der Waals surface area contributed by atoms with E-state index >= 15 is 0 Å². The van der Waals surface area contributed by atoms with E-state index in [1.54, 1.807) is 48.5 Å². The van der Waals surface area contributed by atoms with Crippen LogP contribution in [0.5, 0.6) is 5.75 Å².